The number of hydrogen-bond acceptors (Lipinski definition) is 5. The third-order valence-electron chi connectivity index (χ3n) is 4.92. The van der Waals surface area contributed by atoms with E-state index in [0.29, 0.717) is 39.3 Å². The maximum atomic E-state index is 12.5. The molecule has 3 amide bonds. The number of likely N-dealkylation sites (tertiary alicyclic amines) is 1. The van der Waals surface area contributed by atoms with Crippen LogP contribution < -0.4 is 5.73 Å². The van der Waals surface area contributed by atoms with Crippen LogP contribution in [0.4, 0.5) is 0 Å². The Morgan fingerprint density at radius 2 is 1.84 bits per heavy atom. The second-order valence-electron chi connectivity index (χ2n) is 6.63. The molecule has 1 aromatic rings. The predicted molar refractivity (Wildman–Crippen MR) is 95.2 cm³/mol. The number of piperazine rings is 1. The number of carbonyl (C=O) groups excluding carboxylic acids is 3. The predicted octanol–water partition coefficient (Wildman–Crippen LogP) is 0.230. The fourth-order valence-electron chi connectivity index (χ4n) is 3.44. The van der Waals surface area contributed by atoms with E-state index in [1.807, 2.05) is 27.3 Å². The fourth-order valence-corrected chi connectivity index (χ4v) is 4.13. The van der Waals surface area contributed by atoms with Crippen LogP contribution in [0.1, 0.15) is 22.5 Å². The lowest BCUT2D eigenvalue weighted by atomic mass is 9.97. The third-order valence-corrected chi connectivity index (χ3v) is 5.78. The molecule has 136 valence electrons. The fraction of sp³-hybridized carbons (Fsp3) is 0.588. The van der Waals surface area contributed by atoms with Crippen LogP contribution in [0.2, 0.25) is 0 Å². The van der Waals surface area contributed by atoms with Crippen LogP contribution in [0, 0.1) is 5.92 Å². The number of rotatable bonds is 4. The number of amides is 3. The van der Waals surface area contributed by atoms with E-state index in [-0.39, 0.29) is 23.6 Å². The Labute approximate surface area is 151 Å². The molecule has 8 heteroatoms. The molecule has 0 unspecified atom stereocenters. The van der Waals surface area contributed by atoms with Gasteiger partial charge in [0.25, 0.3) is 5.91 Å². The van der Waals surface area contributed by atoms with E-state index >= 15 is 0 Å². The molecule has 0 spiro atoms. The zero-order valence-electron chi connectivity index (χ0n) is 14.2. The summed E-state index contributed by atoms with van der Waals surface area (Å²) in [6.07, 6.45) is 1.70. The normalized spacial score (nSPS) is 22.0. The van der Waals surface area contributed by atoms with Crippen LogP contribution in [-0.4, -0.2) is 78.2 Å². The zero-order valence-corrected chi connectivity index (χ0v) is 15.0. The van der Waals surface area contributed by atoms with Gasteiger partial charge in [0, 0.05) is 32.7 Å². The molecule has 2 aliphatic rings. The standard InChI is InChI=1S/C17H24N4O3S/c18-16(23)13-3-1-5-19(11-13)12-15(22)20-6-8-21(9-7-20)17(24)14-4-2-10-25-14/h2,4,10,13H,1,3,5-9,11-12H2,(H2,18,23)/t13-/m0/s1. The number of hydrogen-bond donors (Lipinski definition) is 1. The van der Waals surface area contributed by atoms with Gasteiger partial charge in [-0.15, -0.1) is 11.3 Å². The lowest BCUT2D eigenvalue weighted by molar-refractivity contribution is -0.135. The van der Waals surface area contributed by atoms with E-state index in [1.165, 1.54) is 11.3 Å². The Balaban J connectivity index is 1.47. The summed E-state index contributed by atoms with van der Waals surface area (Å²) in [4.78, 5) is 42.6. The molecular formula is C17H24N4O3S. The Bertz CT molecular complexity index is 626. The minimum Gasteiger partial charge on any atom is -0.369 e. The molecule has 2 N–H and O–H groups in total. The molecule has 2 aliphatic heterocycles. The van der Waals surface area contributed by atoms with Gasteiger partial charge in [0.15, 0.2) is 0 Å². The molecular weight excluding hydrogens is 340 g/mol. The maximum Gasteiger partial charge on any atom is 0.264 e. The molecule has 0 bridgehead atoms. The van der Waals surface area contributed by atoms with Gasteiger partial charge in [0.05, 0.1) is 17.3 Å². The van der Waals surface area contributed by atoms with E-state index in [2.05, 4.69) is 0 Å². The molecule has 3 heterocycles. The summed E-state index contributed by atoms with van der Waals surface area (Å²) in [7, 11) is 0. The van der Waals surface area contributed by atoms with Crippen molar-refractivity contribution >= 4 is 29.1 Å². The van der Waals surface area contributed by atoms with Crippen molar-refractivity contribution in [1.29, 1.82) is 0 Å². The maximum absolute atomic E-state index is 12.5. The molecule has 2 saturated heterocycles. The Morgan fingerprint density at radius 1 is 1.12 bits per heavy atom. The van der Waals surface area contributed by atoms with E-state index in [1.54, 1.807) is 4.90 Å². The van der Waals surface area contributed by atoms with Gasteiger partial charge in [-0.3, -0.25) is 19.3 Å². The van der Waals surface area contributed by atoms with Crippen LogP contribution in [0.15, 0.2) is 17.5 Å². The third kappa shape index (κ3) is 4.38. The van der Waals surface area contributed by atoms with Crippen molar-refractivity contribution < 1.29 is 14.4 Å². The number of nitrogens with two attached hydrogens (primary N) is 1. The Morgan fingerprint density at radius 3 is 2.48 bits per heavy atom. The molecule has 0 aliphatic carbocycles. The summed E-state index contributed by atoms with van der Waals surface area (Å²) >= 11 is 1.44. The first-order valence-corrected chi connectivity index (χ1v) is 9.55. The van der Waals surface area contributed by atoms with E-state index in [0.717, 1.165) is 24.3 Å². The zero-order chi connectivity index (χ0) is 17.8. The summed E-state index contributed by atoms with van der Waals surface area (Å²) in [5.41, 5.74) is 5.39. The van der Waals surface area contributed by atoms with Crippen molar-refractivity contribution in [2.75, 3.05) is 45.8 Å². The number of carbonyl (C=O) groups is 3. The highest BCUT2D eigenvalue weighted by Gasteiger charge is 2.29. The van der Waals surface area contributed by atoms with Crippen molar-refractivity contribution in [3.63, 3.8) is 0 Å². The highest BCUT2D eigenvalue weighted by atomic mass is 32.1. The molecule has 7 nitrogen and oxygen atoms in total. The summed E-state index contributed by atoms with van der Waals surface area (Å²) in [6.45, 7) is 3.96. The molecule has 0 radical (unpaired) electrons. The van der Waals surface area contributed by atoms with Crippen molar-refractivity contribution in [2.24, 2.45) is 11.7 Å². The van der Waals surface area contributed by atoms with E-state index in [9.17, 15) is 14.4 Å². The average Bonchev–Trinajstić information content (AvgIpc) is 3.16. The van der Waals surface area contributed by atoms with Crippen LogP contribution in [0.25, 0.3) is 0 Å². The number of primary amides is 1. The van der Waals surface area contributed by atoms with Crippen molar-refractivity contribution in [1.82, 2.24) is 14.7 Å². The quantitative estimate of drug-likeness (QED) is 0.829. The smallest absolute Gasteiger partial charge is 0.264 e. The van der Waals surface area contributed by atoms with Gasteiger partial charge in [0.1, 0.15) is 0 Å². The summed E-state index contributed by atoms with van der Waals surface area (Å²) in [5, 5.41) is 1.89. The molecule has 0 saturated carbocycles. The van der Waals surface area contributed by atoms with Crippen molar-refractivity contribution in [2.45, 2.75) is 12.8 Å². The lowest BCUT2D eigenvalue weighted by Gasteiger charge is -2.37. The second-order valence-corrected chi connectivity index (χ2v) is 7.57. The van der Waals surface area contributed by atoms with Gasteiger partial charge in [-0.2, -0.15) is 0 Å². The minimum atomic E-state index is -0.280. The van der Waals surface area contributed by atoms with E-state index < -0.39 is 0 Å². The SMILES string of the molecule is NC(=O)[C@H]1CCCN(CC(=O)N2CCN(C(=O)c3cccs3)CC2)C1. The summed E-state index contributed by atoms with van der Waals surface area (Å²) in [5.74, 6) is -0.324. The summed E-state index contributed by atoms with van der Waals surface area (Å²) < 4.78 is 0. The van der Waals surface area contributed by atoms with Crippen molar-refractivity contribution in [3.8, 4) is 0 Å². The molecule has 2 fully saturated rings. The molecule has 0 aromatic carbocycles. The molecule has 25 heavy (non-hydrogen) atoms. The Hall–Kier alpha value is -1.93. The lowest BCUT2D eigenvalue weighted by Crippen LogP contribution is -2.53. The second kappa shape index (κ2) is 7.97. The topological polar surface area (TPSA) is 86.9 Å². The largest absolute Gasteiger partial charge is 0.369 e. The number of nitrogens with zero attached hydrogens (tertiary/aromatic N) is 3. The van der Waals surface area contributed by atoms with Crippen LogP contribution >= 0.6 is 11.3 Å². The first-order valence-electron chi connectivity index (χ1n) is 8.67. The van der Waals surface area contributed by atoms with Crippen LogP contribution in [-0.2, 0) is 9.59 Å². The minimum absolute atomic E-state index is 0.0439. The van der Waals surface area contributed by atoms with Gasteiger partial charge in [0.2, 0.25) is 11.8 Å². The van der Waals surface area contributed by atoms with Crippen molar-refractivity contribution in [3.05, 3.63) is 22.4 Å². The molecule has 3 rings (SSSR count). The van der Waals surface area contributed by atoms with E-state index in [4.69, 9.17) is 5.73 Å². The Kier molecular flexibility index (Phi) is 5.70. The first kappa shape index (κ1) is 17.9. The summed E-state index contributed by atoms with van der Waals surface area (Å²) in [6, 6.07) is 3.70. The van der Waals surface area contributed by atoms with Crippen LogP contribution in [0.5, 0.6) is 0 Å². The molecule has 1 atom stereocenters. The van der Waals surface area contributed by atoms with Gasteiger partial charge >= 0.3 is 0 Å². The van der Waals surface area contributed by atoms with Gasteiger partial charge in [-0.25, -0.2) is 0 Å². The average molecular weight is 364 g/mol. The van der Waals surface area contributed by atoms with Gasteiger partial charge in [-0.05, 0) is 30.8 Å². The highest BCUT2D eigenvalue weighted by Crippen LogP contribution is 2.17. The van der Waals surface area contributed by atoms with Gasteiger partial charge < -0.3 is 15.5 Å². The monoisotopic (exact) mass is 364 g/mol. The van der Waals surface area contributed by atoms with Gasteiger partial charge in [-0.1, -0.05) is 6.07 Å². The number of thiophene rings is 1. The first-order chi connectivity index (χ1) is 12.0. The molecule has 1 aromatic heterocycles. The number of piperidine rings is 1. The highest BCUT2D eigenvalue weighted by molar-refractivity contribution is 7.12. The van der Waals surface area contributed by atoms with Crippen LogP contribution in [0.3, 0.4) is 0 Å².